The Labute approximate surface area is 154 Å². The molecule has 0 spiro atoms. The van der Waals surface area contributed by atoms with Crippen LogP contribution in [0, 0.1) is 11.3 Å². The fourth-order valence-electron chi connectivity index (χ4n) is 3.47. The van der Waals surface area contributed by atoms with Gasteiger partial charge in [0.25, 0.3) is 5.91 Å². The van der Waals surface area contributed by atoms with Crippen LogP contribution in [-0.4, -0.2) is 29.4 Å². The highest BCUT2D eigenvalue weighted by Crippen LogP contribution is 2.42. The molecular weight excluding hydrogens is 332 g/mol. The summed E-state index contributed by atoms with van der Waals surface area (Å²) in [7, 11) is 0. The van der Waals surface area contributed by atoms with E-state index in [2.05, 4.69) is 24.5 Å². The average molecular weight is 360 g/mol. The number of benzene rings is 1. The van der Waals surface area contributed by atoms with Gasteiger partial charge in [-0.1, -0.05) is 26.7 Å². The molecule has 6 nitrogen and oxygen atoms in total. The number of rotatable bonds is 7. The number of carbonyl (C=O) groups excluding carboxylic acids is 2. The van der Waals surface area contributed by atoms with E-state index in [-0.39, 0.29) is 30.2 Å². The van der Waals surface area contributed by atoms with Crippen LogP contribution in [0.3, 0.4) is 0 Å². The van der Waals surface area contributed by atoms with Crippen molar-refractivity contribution in [2.24, 2.45) is 11.3 Å². The van der Waals surface area contributed by atoms with Gasteiger partial charge in [0.05, 0.1) is 6.42 Å². The molecule has 6 heteroatoms. The molecule has 1 atom stereocenters. The molecule has 142 valence electrons. The Morgan fingerprint density at radius 3 is 2.46 bits per heavy atom. The van der Waals surface area contributed by atoms with Gasteiger partial charge in [0.1, 0.15) is 0 Å². The summed E-state index contributed by atoms with van der Waals surface area (Å²) in [6, 6.07) is 6.62. The summed E-state index contributed by atoms with van der Waals surface area (Å²) in [5.41, 5.74) is 1.29. The van der Waals surface area contributed by atoms with Gasteiger partial charge in [-0.2, -0.15) is 0 Å². The Kier molecular flexibility index (Phi) is 6.77. The van der Waals surface area contributed by atoms with E-state index < -0.39 is 5.97 Å². The third kappa shape index (κ3) is 5.86. The predicted molar refractivity (Wildman–Crippen MR) is 100 cm³/mol. The van der Waals surface area contributed by atoms with Gasteiger partial charge >= 0.3 is 5.97 Å². The summed E-state index contributed by atoms with van der Waals surface area (Å²) in [5.74, 6) is -0.878. The van der Waals surface area contributed by atoms with E-state index in [1.807, 2.05) is 0 Å². The van der Waals surface area contributed by atoms with Crippen LogP contribution in [0.2, 0.25) is 0 Å². The van der Waals surface area contributed by atoms with Crippen molar-refractivity contribution in [3.05, 3.63) is 29.8 Å². The van der Waals surface area contributed by atoms with E-state index in [1.54, 1.807) is 24.3 Å². The zero-order chi connectivity index (χ0) is 19.2. The molecule has 1 aliphatic carbocycles. The summed E-state index contributed by atoms with van der Waals surface area (Å²) < 4.78 is 0. The molecule has 0 heterocycles. The maximum Gasteiger partial charge on any atom is 0.305 e. The van der Waals surface area contributed by atoms with Crippen LogP contribution in [0.15, 0.2) is 24.3 Å². The van der Waals surface area contributed by atoms with Crippen LogP contribution in [-0.2, 0) is 9.59 Å². The molecule has 0 aliphatic heterocycles. The predicted octanol–water partition coefficient (Wildman–Crippen LogP) is 3.44. The van der Waals surface area contributed by atoms with Crippen LogP contribution in [0.25, 0.3) is 0 Å². The van der Waals surface area contributed by atoms with Crippen molar-refractivity contribution in [3.63, 3.8) is 0 Å². The standard InChI is InChI=1S/C20H28N2O4/c1-20(2)11-4-3-5-15(20)13-17(23)22-16-8-6-14(7-9-16)19(26)21-12-10-18(24)25/h6-9,15H,3-5,10-13H2,1-2H3,(H,21,26)(H,22,23)(H,24,25). The number of carbonyl (C=O) groups is 3. The smallest absolute Gasteiger partial charge is 0.305 e. The van der Waals surface area contributed by atoms with Crippen molar-refractivity contribution >= 4 is 23.5 Å². The van der Waals surface area contributed by atoms with Gasteiger partial charge in [-0.15, -0.1) is 0 Å². The fourth-order valence-corrected chi connectivity index (χ4v) is 3.47. The molecule has 0 radical (unpaired) electrons. The average Bonchev–Trinajstić information content (AvgIpc) is 2.57. The molecule has 2 rings (SSSR count). The van der Waals surface area contributed by atoms with Crippen molar-refractivity contribution in [1.29, 1.82) is 0 Å². The Morgan fingerprint density at radius 2 is 1.85 bits per heavy atom. The van der Waals surface area contributed by atoms with Crippen LogP contribution >= 0.6 is 0 Å². The highest BCUT2D eigenvalue weighted by Gasteiger charge is 2.33. The molecule has 0 aromatic heterocycles. The Hall–Kier alpha value is -2.37. The molecule has 0 saturated heterocycles. The van der Waals surface area contributed by atoms with Gasteiger partial charge in [0, 0.05) is 24.2 Å². The topological polar surface area (TPSA) is 95.5 Å². The first-order chi connectivity index (χ1) is 12.3. The minimum Gasteiger partial charge on any atom is -0.481 e. The summed E-state index contributed by atoms with van der Waals surface area (Å²) in [6.07, 6.45) is 5.09. The Bertz CT molecular complexity index is 652. The number of hydrogen-bond donors (Lipinski definition) is 3. The van der Waals surface area contributed by atoms with Crippen LogP contribution in [0.5, 0.6) is 0 Å². The lowest BCUT2D eigenvalue weighted by Gasteiger charge is -2.38. The summed E-state index contributed by atoms with van der Waals surface area (Å²) >= 11 is 0. The molecule has 1 saturated carbocycles. The van der Waals surface area contributed by atoms with E-state index in [0.717, 1.165) is 12.8 Å². The van der Waals surface area contributed by atoms with E-state index >= 15 is 0 Å². The lowest BCUT2D eigenvalue weighted by atomic mass is 9.67. The summed E-state index contributed by atoms with van der Waals surface area (Å²) in [6.45, 7) is 4.56. The zero-order valence-corrected chi connectivity index (χ0v) is 15.5. The Balaban J connectivity index is 1.85. The van der Waals surface area contributed by atoms with Gasteiger partial charge in [-0.3, -0.25) is 14.4 Å². The summed E-state index contributed by atoms with van der Waals surface area (Å²) in [5, 5.41) is 14.0. The lowest BCUT2D eigenvalue weighted by Crippen LogP contribution is -2.31. The minimum absolute atomic E-state index is 0.00337. The molecule has 1 aromatic carbocycles. The molecule has 1 unspecified atom stereocenters. The first kappa shape index (κ1) is 19.9. The number of aliphatic carboxylic acids is 1. The second-order valence-electron chi connectivity index (χ2n) is 7.66. The second kappa shape index (κ2) is 8.83. The zero-order valence-electron chi connectivity index (χ0n) is 15.5. The number of carboxylic acid groups (broad SMARTS) is 1. The first-order valence-corrected chi connectivity index (χ1v) is 9.18. The van der Waals surface area contributed by atoms with E-state index in [0.29, 0.717) is 23.6 Å². The largest absolute Gasteiger partial charge is 0.481 e. The Morgan fingerprint density at radius 1 is 1.15 bits per heavy atom. The maximum absolute atomic E-state index is 12.3. The van der Waals surface area contributed by atoms with E-state index in [1.165, 1.54) is 12.8 Å². The van der Waals surface area contributed by atoms with Gasteiger partial charge in [0.2, 0.25) is 5.91 Å². The van der Waals surface area contributed by atoms with E-state index in [9.17, 15) is 14.4 Å². The van der Waals surface area contributed by atoms with Crippen molar-refractivity contribution < 1.29 is 19.5 Å². The third-order valence-corrected chi connectivity index (χ3v) is 5.22. The first-order valence-electron chi connectivity index (χ1n) is 9.18. The lowest BCUT2D eigenvalue weighted by molar-refractivity contribution is -0.136. The quantitative estimate of drug-likeness (QED) is 0.694. The normalized spacial score (nSPS) is 18.8. The van der Waals surface area contributed by atoms with E-state index in [4.69, 9.17) is 5.11 Å². The monoisotopic (exact) mass is 360 g/mol. The van der Waals surface area contributed by atoms with Crippen LogP contribution in [0.1, 0.15) is 62.7 Å². The van der Waals surface area contributed by atoms with Crippen LogP contribution in [0.4, 0.5) is 5.69 Å². The molecule has 3 N–H and O–H groups in total. The highest BCUT2D eigenvalue weighted by atomic mass is 16.4. The third-order valence-electron chi connectivity index (χ3n) is 5.22. The molecule has 26 heavy (non-hydrogen) atoms. The molecule has 1 fully saturated rings. The van der Waals surface area contributed by atoms with Crippen LogP contribution < -0.4 is 10.6 Å². The second-order valence-corrected chi connectivity index (χ2v) is 7.66. The summed E-state index contributed by atoms with van der Waals surface area (Å²) in [4.78, 5) is 34.7. The number of hydrogen-bond acceptors (Lipinski definition) is 3. The minimum atomic E-state index is -0.954. The molecule has 2 amide bonds. The van der Waals surface area contributed by atoms with Crippen molar-refractivity contribution in [2.45, 2.75) is 52.4 Å². The molecule has 0 bridgehead atoms. The van der Waals surface area contributed by atoms with Gasteiger partial charge < -0.3 is 15.7 Å². The van der Waals surface area contributed by atoms with Gasteiger partial charge in [-0.05, 0) is 48.4 Å². The number of anilines is 1. The van der Waals surface area contributed by atoms with Crippen molar-refractivity contribution in [1.82, 2.24) is 5.32 Å². The molecule has 1 aromatic rings. The van der Waals surface area contributed by atoms with Crippen molar-refractivity contribution in [2.75, 3.05) is 11.9 Å². The number of nitrogens with one attached hydrogen (secondary N) is 2. The van der Waals surface area contributed by atoms with Crippen molar-refractivity contribution in [3.8, 4) is 0 Å². The maximum atomic E-state index is 12.3. The van der Waals surface area contributed by atoms with Gasteiger partial charge in [-0.25, -0.2) is 0 Å². The molecular formula is C20H28N2O4. The molecule has 1 aliphatic rings. The SMILES string of the molecule is CC1(C)CCCCC1CC(=O)Nc1ccc(C(=O)NCCC(=O)O)cc1. The number of carboxylic acids is 1. The van der Waals surface area contributed by atoms with Gasteiger partial charge in [0.15, 0.2) is 0 Å². The number of amides is 2. The highest BCUT2D eigenvalue weighted by molar-refractivity contribution is 5.96. The fraction of sp³-hybridized carbons (Fsp3) is 0.550.